The first-order valence-corrected chi connectivity index (χ1v) is 7.13. The molecular formula is C13H16BrN5. The monoisotopic (exact) mass is 321 g/mol. The van der Waals surface area contributed by atoms with E-state index in [4.69, 9.17) is 0 Å². The molecule has 6 heteroatoms. The van der Waals surface area contributed by atoms with Crippen molar-refractivity contribution in [3.05, 3.63) is 40.0 Å². The van der Waals surface area contributed by atoms with E-state index in [2.05, 4.69) is 54.2 Å². The van der Waals surface area contributed by atoms with E-state index in [1.807, 2.05) is 12.3 Å². The largest absolute Gasteiger partial charge is 0.364 e. The van der Waals surface area contributed by atoms with Gasteiger partial charge in [-0.1, -0.05) is 0 Å². The molecule has 19 heavy (non-hydrogen) atoms. The predicted octanol–water partition coefficient (Wildman–Crippen LogP) is 1.85. The number of anilines is 1. The summed E-state index contributed by atoms with van der Waals surface area (Å²) in [6, 6.07) is 4.09. The smallest absolute Gasteiger partial charge is 0.198 e. The number of aromatic nitrogens is 3. The second-order valence-electron chi connectivity index (χ2n) is 4.72. The Kier molecular flexibility index (Phi) is 3.52. The third-order valence-electron chi connectivity index (χ3n) is 3.32. The number of aromatic amines is 1. The van der Waals surface area contributed by atoms with Gasteiger partial charge in [0.1, 0.15) is 5.82 Å². The van der Waals surface area contributed by atoms with Gasteiger partial charge in [0.25, 0.3) is 0 Å². The third kappa shape index (κ3) is 2.64. The van der Waals surface area contributed by atoms with E-state index >= 15 is 0 Å². The van der Waals surface area contributed by atoms with Crippen molar-refractivity contribution in [1.82, 2.24) is 20.3 Å². The van der Waals surface area contributed by atoms with Gasteiger partial charge in [0, 0.05) is 44.0 Å². The van der Waals surface area contributed by atoms with Gasteiger partial charge in [-0.3, -0.25) is 0 Å². The van der Waals surface area contributed by atoms with Gasteiger partial charge in [0.15, 0.2) is 4.73 Å². The summed E-state index contributed by atoms with van der Waals surface area (Å²) < 4.78 is 0.668. The van der Waals surface area contributed by atoms with Crippen LogP contribution in [0.25, 0.3) is 0 Å². The molecule has 100 valence electrons. The summed E-state index contributed by atoms with van der Waals surface area (Å²) in [5.74, 6) is 0.999. The van der Waals surface area contributed by atoms with E-state index < -0.39 is 0 Å². The SMILES string of the molecule is CN(Cc1ccc[nH]1)c1nc(Br)nc2c1CNCC2. The van der Waals surface area contributed by atoms with Crippen LogP contribution < -0.4 is 10.2 Å². The van der Waals surface area contributed by atoms with E-state index in [1.165, 1.54) is 11.3 Å². The van der Waals surface area contributed by atoms with Crippen LogP contribution in [0.4, 0.5) is 5.82 Å². The van der Waals surface area contributed by atoms with Crippen molar-refractivity contribution in [2.24, 2.45) is 0 Å². The fourth-order valence-corrected chi connectivity index (χ4v) is 2.79. The minimum Gasteiger partial charge on any atom is -0.364 e. The Labute approximate surface area is 120 Å². The van der Waals surface area contributed by atoms with Crippen molar-refractivity contribution >= 4 is 21.7 Å². The number of fused-ring (bicyclic) bond motifs is 1. The summed E-state index contributed by atoms with van der Waals surface area (Å²) in [7, 11) is 2.06. The first-order chi connectivity index (χ1) is 9.24. The van der Waals surface area contributed by atoms with E-state index in [-0.39, 0.29) is 0 Å². The Morgan fingerprint density at radius 1 is 1.42 bits per heavy atom. The highest BCUT2D eigenvalue weighted by Crippen LogP contribution is 2.25. The lowest BCUT2D eigenvalue weighted by atomic mass is 10.1. The molecule has 0 saturated heterocycles. The van der Waals surface area contributed by atoms with E-state index in [1.54, 1.807) is 0 Å². The molecule has 0 amide bonds. The predicted molar refractivity (Wildman–Crippen MR) is 78.0 cm³/mol. The first kappa shape index (κ1) is 12.6. The average Bonchev–Trinajstić information content (AvgIpc) is 2.90. The molecule has 0 saturated carbocycles. The van der Waals surface area contributed by atoms with E-state index in [0.717, 1.165) is 37.6 Å². The molecule has 2 aromatic rings. The van der Waals surface area contributed by atoms with Gasteiger partial charge in [-0.05, 0) is 28.1 Å². The van der Waals surface area contributed by atoms with Gasteiger partial charge < -0.3 is 15.2 Å². The summed E-state index contributed by atoms with van der Waals surface area (Å²) in [6.07, 6.45) is 2.90. The van der Waals surface area contributed by atoms with Crippen molar-refractivity contribution in [2.75, 3.05) is 18.5 Å². The molecule has 3 rings (SSSR count). The lowest BCUT2D eigenvalue weighted by molar-refractivity contribution is 0.620. The summed E-state index contributed by atoms with van der Waals surface area (Å²) in [5.41, 5.74) is 3.53. The van der Waals surface area contributed by atoms with E-state index in [9.17, 15) is 0 Å². The molecule has 2 aromatic heterocycles. The maximum Gasteiger partial charge on any atom is 0.198 e. The van der Waals surface area contributed by atoms with Crippen LogP contribution in [-0.2, 0) is 19.5 Å². The van der Waals surface area contributed by atoms with Crippen LogP contribution in [0.1, 0.15) is 17.0 Å². The molecule has 0 unspecified atom stereocenters. The molecule has 0 aromatic carbocycles. The summed E-state index contributed by atoms with van der Waals surface area (Å²) in [4.78, 5) is 14.4. The van der Waals surface area contributed by atoms with Crippen molar-refractivity contribution in [2.45, 2.75) is 19.5 Å². The number of halogens is 1. The number of rotatable bonds is 3. The Balaban J connectivity index is 1.92. The summed E-state index contributed by atoms with van der Waals surface area (Å²) in [6.45, 7) is 2.63. The minimum atomic E-state index is 0.668. The molecule has 0 radical (unpaired) electrons. The maximum atomic E-state index is 4.54. The molecular weight excluding hydrogens is 306 g/mol. The minimum absolute atomic E-state index is 0.668. The normalized spacial score (nSPS) is 14.2. The fraction of sp³-hybridized carbons (Fsp3) is 0.385. The van der Waals surface area contributed by atoms with Gasteiger partial charge in [0.05, 0.1) is 12.2 Å². The number of nitrogens with one attached hydrogen (secondary N) is 2. The Morgan fingerprint density at radius 3 is 3.11 bits per heavy atom. The Morgan fingerprint density at radius 2 is 2.32 bits per heavy atom. The van der Waals surface area contributed by atoms with Crippen LogP contribution in [-0.4, -0.2) is 28.5 Å². The molecule has 0 bridgehead atoms. The van der Waals surface area contributed by atoms with Gasteiger partial charge in [-0.25, -0.2) is 9.97 Å². The second kappa shape index (κ2) is 5.30. The third-order valence-corrected chi connectivity index (χ3v) is 3.67. The van der Waals surface area contributed by atoms with Gasteiger partial charge in [-0.15, -0.1) is 0 Å². The number of hydrogen-bond acceptors (Lipinski definition) is 4. The Bertz CT molecular complexity index is 567. The molecule has 3 heterocycles. The molecule has 1 aliphatic rings. The van der Waals surface area contributed by atoms with Gasteiger partial charge >= 0.3 is 0 Å². The van der Waals surface area contributed by atoms with Gasteiger partial charge in [-0.2, -0.15) is 0 Å². The first-order valence-electron chi connectivity index (χ1n) is 6.33. The van der Waals surface area contributed by atoms with Crippen molar-refractivity contribution in [3.63, 3.8) is 0 Å². The Hall–Kier alpha value is -1.40. The highest BCUT2D eigenvalue weighted by molar-refractivity contribution is 9.10. The lowest BCUT2D eigenvalue weighted by Crippen LogP contribution is -2.29. The quantitative estimate of drug-likeness (QED) is 0.847. The molecule has 0 aliphatic carbocycles. The zero-order valence-electron chi connectivity index (χ0n) is 10.8. The maximum absolute atomic E-state index is 4.54. The van der Waals surface area contributed by atoms with Crippen LogP contribution in [0.2, 0.25) is 0 Å². The molecule has 0 fully saturated rings. The van der Waals surface area contributed by atoms with Crippen molar-refractivity contribution in [3.8, 4) is 0 Å². The van der Waals surface area contributed by atoms with Crippen LogP contribution >= 0.6 is 15.9 Å². The number of H-pyrrole nitrogens is 1. The van der Waals surface area contributed by atoms with Crippen LogP contribution in [0.3, 0.4) is 0 Å². The summed E-state index contributed by atoms with van der Waals surface area (Å²) in [5, 5.41) is 3.38. The number of nitrogens with zero attached hydrogens (tertiary/aromatic N) is 3. The zero-order chi connectivity index (χ0) is 13.2. The molecule has 2 N–H and O–H groups in total. The van der Waals surface area contributed by atoms with Crippen LogP contribution in [0, 0.1) is 0 Å². The topological polar surface area (TPSA) is 56.8 Å². The van der Waals surface area contributed by atoms with Crippen molar-refractivity contribution < 1.29 is 0 Å². The summed E-state index contributed by atoms with van der Waals surface area (Å²) >= 11 is 3.41. The molecule has 1 aliphatic heterocycles. The fourth-order valence-electron chi connectivity index (χ4n) is 2.41. The lowest BCUT2D eigenvalue weighted by Gasteiger charge is -2.25. The number of hydrogen-bond donors (Lipinski definition) is 2. The highest BCUT2D eigenvalue weighted by atomic mass is 79.9. The second-order valence-corrected chi connectivity index (χ2v) is 5.43. The molecule has 0 atom stereocenters. The van der Waals surface area contributed by atoms with Crippen molar-refractivity contribution in [1.29, 1.82) is 0 Å². The average molecular weight is 322 g/mol. The standard InChI is InChI=1S/C13H16BrN5/c1-19(8-9-3-2-5-16-9)12-10-7-15-6-4-11(10)17-13(14)18-12/h2-3,5,15-16H,4,6-8H2,1H3. The zero-order valence-corrected chi connectivity index (χ0v) is 12.4. The van der Waals surface area contributed by atoms with E-state index in [0.29, 0.717) is 4.73 Å². The highest BCUT2D eigenvalue weighted by Gasteiger charge is 2.19. The molecule has 0 spiro atoms. The molecule has 5 nitrogen and oxygen atoms in total. The van der Waals surface area contributed by atoms with Crippen LogP contribution in [0.15, 0.2) is 23.1 Å². The van der Waals surface area contributed by atoms with Gasteiger partial charge in [0.2, 0.25) is 0 Å². The van der Waals surface area contributed by atoms with Crippen LogP contribution in [0.5, 0.6) is 0 Å².